The van der Waals surface area contributed by atoms with E-state index in [0.29, 0.717) is 16.3 Å². The van der Waals surface area contributed by atoms with Crippen LogP contribution in [-0.4, -0.2) is 17.4 Å². The number of pyridine rings is 1. The number of carbonyl (C=O) groups is 1. The summed E-state index contributed by atoms with van der Waals surface area (Å²) in [5.41, 5.74) is 3.12. The largest absolute Gasteiger partial charge is 0.340 e. The van der Waals surface area contributed by atoms with Crippen LogP contribution in [0.25, 0.3) is 0 Å². The number of aromatic nitrogens is 1. The second-order valence-electron chi connectivity index (χ2n) is 5.47. The quantitative estimate of drug-likeness (QED) is 0.691. The minimum absolute atomic E-state index is 0.208. The zero-order valence-corrected chi connectivity index (χ0v) is 14.6. The van der Waals surface area contributed by atoms with Crippen LogP contribution in [0.1, 0.15) is 17.3 Å². The number of carbonyl (C=O) groups excluding carboxylic acids is 1. The summed E-state index contributed by atoms with van der Waals surface area (Å²) in [5, 5.41) is 3.48. The molecular formula is C20H18ClN3O. The molecule has 0 saturated carbocycles. The lowest BCUT2D eigenvalue weighted by Crippen LogP contribution is -2.18. The van der Waals surface area contributed by atoms with Crippen molar-refractivity contribution < 1.29 is 4.79 Å². The molecular weight excluding hydrogens is 334 g/mol. The highest BCUT2D eigenvalue weighted by molar-refractivity contribution is 6.30. The Balaban J connectivity index is 1.83. The Labute approximate surface area is 152 Å². The first kappa shape index (κ1) is 17.0. The first-order chi connectivity index (χ1) is 12.2. The second-order valence-corrected chi connectivity index (χ2v) is 5.91. The van der Waals surface area contributed by atoms with Gasteiger partial charge in [0.2, 0.25) is 0 Å². The molecule has 0 aliphatic rings. The SMILES string of the molecule is CCN(c1ccccc1)c1cncc(C(=O)Nc2ccc(Cl)cc2)c1. The van der Waals surface area contributed by atoms with Gasteiger partial charge in [0.25, 0.3) is 5.91 Å². The second kappa shape index (κ2) is 7.81. The smallest absolute Gasteiger partial charge is 0.257 e. The number of hydrogen-bond donors (Lipinski definition) is 1. The van der Waals surface area contributed by atoms with Crippen LogP contribution in [0.2, 0.25) is 5.02 Å². The predicted octanol–water partition coefficient (Wildman–Crippen LogP) is 5.15. The number of para-hydroxylation sites is 1. The first-order valence-corrected chi connectivity index (χ1v) is 8.39. The van der Waals surface area contributed by atoms with Gasteiger partial charge in [-0.1, -0.05) is 29.8 Å². The molecule has 4 nitrogen and oxygen atoms in total. The number of nitrogens with zero attached hydrogens (tertiary/aromatic N) is 2. The van der Waals surface area contributed by atoms with Gasteiger partial charge in [-0.05, 0) is 49.4 Å². The van der Waals surface area contributed by atoms with Gasteiger partial charge in [0, 0.05) is 29.1 Å². The molecule has 0 fully saturated rings. The molecule has 1 heterocycles. The lowest BCUT2D eigenvalue weighted by Gasteiger charge is -2.23. The number of hydrogen-bond acceptors (Lipinski definition) is 3. The van der Waals surface area contributed by atoms with Gasteiger partial charge < -0.3 is 10.2 Å². The molecule has 0 atom stereocenters. The Morgan fingerprint density at radius 1 is 1.04 bits per heavy atom. The molecule has 3 aromatic rings. The number of rotatable bonds is 5. The normalized spacial score (nSPS) is 10.3. The molecule has 1 amide bonds. The van der Waals surface area contributed by atoms with Crippen LogP contribution in [0.4, 0.5) is 17.1 Å². The molecule has 0 aliphatic heterocycles. The lowest BCUT2D eigenvalue weighted by molar-refractivity contribution is 0.102. The Morgan fingerprint density at radius 2 is 1.76 bits per heavy atom. The van der Waals surface area contributed by atoms with E-state index in [2.05, 4.69) is 22.1 Å². The van der Waals surface area contributed by atoms with Gasteiger partial charge >= 0.3 is 0 Å². The molecule has 1 N–H and O–H groups in total. The molecule has 0 saturated heterocycles. The molecule has 5 heteroatoms. The summed E-state index contributed by atoms with van der Waals surface area (Å²) in [5.74, 6) is -0.208. The standard InChI is InChI=1S/C20H18ClN3O/c1-2-24(18-6-4-3-5-7-18)19-12-15(13-22-14-19)20(25)23-17-10-8-16(21)9-11-17/h3-14H,2H2,1H3,(H,23,25). The fourth-order valence-corrected chi connectivity index (χ4v) is 2.68. The van der Waals surface area contributed by atoms with Gasteiger partial charge in [-0.25, -0.2) is 0 Å². The number of amides is 1. The van der Waals surface area contributed by atoms with Crippen molar-refractivity contribution in [1.29, 1.82) is 0 Å². The third-order valence-corrected chi connectivity index (χ3v) is 4.04. The van der Waals surface area contributed by atoms with Crippen molar-refractivity contribution in [3.63, 3.8) is 0 Å². The molecule has 0 unspecified atom stereocenters. The van der Waals surface area contributed by atoms with Crippen molar-refractivity contribution in [3.8, 4) is 0 Å². The molecule has 0 radical (unpaired) electrons. The number of nitrogens with one attached hydrogen (secondary N) is 1. The average molecular weight is 352 g/mol. The molecule has 126 valence electrons. The minimum atomic E-state index is -0.208. The fourth-order valence-electron chi connectivity index (χ4n) is 2.56. The summed E-state index contributed by atoms with van der Waals surface area (Å²) in [7, 11) is 0. The van der Waals surface area contributed by atoms with Crippen LogP contribution >= 0.6 is 11.6 Å². The Kier molecular flexibility index (Phi) is 5.31. The summed E-state index contributed by atoms with van der Waals surface area (Å²) in [6.07, 6.45) is 3.32. The molecule has 3 rings (SSSR count). The third kappa shape index (κ3) is 4.17. The minimum Gasteiger partial charge on any atom is -0.340 e. The zero-order valence-electron chi connectivity index (χ0n) is 13.8. The molecule has 0 bridgehead atoms. The van der Waals surface area contributed by atoms with Crippen molar-refractivity contribution in [2.75, 3.05) is 16.8 Å². The highest BCUT2D eigenvalue weighted by Crippen LogP contribution is 2.25. The van der Waals surface area contributed by atoms with Gasteiger partial charge in [0.15, 0.2) is 0 Å². The van der Waals surface area contributed by atoms with Gasteiger partial charge in [-0.2, -0.15) is 0 Å². The fraction of sp³-hybridized carbons (Fsp3) is 0.100. The van der Waals surface area contributed by atoms with Crippen LogP contribution in [0.15, 0.2) is 73.1 Å². The maximum absolute atomic E-state index is 12.5. The van der Waals surface area contributed by atoms with Crippen molar-refractivity contribution >= 4 is 34.6 Å². The number of halogens is 1. The first-order valence-electron chi connectivity index (χ1n) is 8.02. The highest BCUT2D eigenvalue weighted by atomic mass is 35.5. The third-order valence-electron chi connectivity index (χ3n) is 3.78. The lowest BCUT2D eigenvalue weighted by atomic mass is 10.2. The molecule has 2 aromatic carbocycles. The maximum atomic E-state index is 12.5. The van der Waals surface area contributed by atoms with E-state index in [9.17, 15) is 4.79 Å². The van der Waals surface area contributed by atoms with Gasteiger partial charge in [-0.15, -0.1) is 0 Å². The van der Waals surface area contributed by atoms with Crippen LogP contribution < -0.4 is 10.2 Å². The van der Waals surface area contributed by atoms with E-state index in [-0.39, 0.29) is 5.91 Å². The summed E-state index contributed by atoms with van der Waals surface area (Å²) in [4.78, 5) is 18.8. The summed E-state index contributed by atoms with van der Waals surface area (Å²) in [6.45, 7) is 2.83. The molecule has 0 aliphatic carbocycles. The topological polar surface area (TPSA) is 45.2 Å². The Hall–Kier alpha value is -2.85. The summed E-state index contributed by atoms with van der Waals surface area (Å²) >= 11 is 5.87. The van der Waals surface area contributed by atoms with E-state index in [4.69, 9.17) is 11.6 Å². The zero-order chi connectivity index (χ0) is 17.6. The van der Waals surface area contributed by atoms with E-state index in [1.165, 1.54) is 0 Å². The predicted molar refractivity (Wildman–Crippen MR) is 103 cm³/mol. The van der Waals surface area contributed by atoms with Crippen molar-refractivity contribution in [2.45, 2.75) is 6.92 Å². The average Bonchev–Trinajstić information content (AvgIpc) is 2.65. The number of benzene rings is 2. The van der Waals surface area contributed by atoms with E-state index < -0.39 is 0 Å². The van der Waals surface area contributed by atoms with Crippen LogP contribution in [0.5, 0.6) is 0 Å². The Morgan fingerprint density at radius 3 is 2.44 bits per heavy atom. The summed E-state index contributed by atoms with van der Waals surface area (Å²) in [6, 6.07) is 18.9. The molecule has 0 spiro atoms. The van der Waals surface area contributed by atoms with Crippen molar-refractivity contribution in [2.24, 2.45) is 0 Å². The summed E-state index contributed by atoms with van der Waals surface area (Å²) < 4.78 is 0. The van der Waals surface area contributed by atoms with Gasteiger partial charge in [0.05, 0.1) is 17.4 Å². The highest BCUT2D eigenvalue weighted by Gasteiger charge is 2.12. The Bertz CT molecular complexity index is 850. The van der Waals surface area contributed by atoms with Crippen LogP contribution in [-0.2, 0) is 0 Å². The molecule has 1 aromatic heterocycles. The molecule has 25 heavy (non-hydrogen) atoms. The van der Waals surface area contributed by atoms with E-state index in [1.54, 1.807) is 36.7 Å². The van der Waals surface area contributed by atoms with E-state index in [0.717, 1.165) is 17.9 Å². The maximum Gasteiger partial charge on any atom is 0.257 e. The van der Waals surface area contributed by atoms with Gasteiger partial charge in [0.1, 0.15) is 0 Å². The monoisotopic (exact) mass is 351 g/mol. The van der Waals surface area contributed by atoms with Crippen LogP contribution in [0.3, 0.4) is 0 Å². The van der Waals surface area contributed by atoms with Crippen molar-refractivity contribution in [1.82, 2.24) is 4.98 Å². The van der Waals surface area contributed by atoms with E-state index in [1.807, 2.05) is 36.4 Å². The van der Waals surface area contributed by atoms with Crippen LogP contribution in [0, 0.1) is 0 Å². The van der Waals surface area contributed by atoms with Crippen molar-refractivity contribution in [3.05, 3.63) is 83.6 Å². The van der Waals surface area contributed by atoms with Gasteiger partial charge in [-0.3, -0.25) is 9.78 Å². The number of anilines is 3. The van der Waals surface area contributed by atoms with E-state index >= 15 is 0 Å².